The van der Waals surface area contributed by atoms with Gasteiger partial charge in [-0.2, -0.15) is 0 Å². The van der Waals surface area contributed by atoms with E-state index in [0.29, 0.717) is 5.92 Å². The highest BCUT2D eigenvalue weighted by molar-refractivity contribution is 14.0. The lowest BCUT2D eigenvalue weighted by Gasteiger charge is -2.27. The first-order valence-corrected chi connectivity index (χ1v) is 9.76. The fraction of sp³-hybridized carbons (Fsp3) is 0.650. The first kappa shape index (κ1) is 24.5. The van der Waals surface area contributed by atoms with Gasteiger partial charge in [-0.25, -0.2) is 0 Å². The number of rotatable bonds is 9. The number of nitrogens with one attached hydrogen (secondary N) is 2. The van der Waals surface area contributed by atoms with Crippen molar-refractivity contribution in [3.63, 3.8) is 0 Å². The highest BCUT2D eigenvalue weighted by Gasteiger charge is 2.23. The third-order valence-electron chi connectivity index (χ3n) is 4.66. The summed E-state index contributed by atoms with van der Waals surface area (Å²) in [6.07, 6.45) is 2.07. The van der Waals surface area contributed by atoms with Crippen LogP contribution in [0.15, 0.2) is 29.3 Å². The molecule has 27 heavy (non-hydrogen) atoms. The normalized spacial score (nSPS) is 17.5. The van der Waals surface area contributed by atoms with Gasteiger partial charge in [0, 0.05) is 49.7 Å². The van der Waals surface area contributed by atoms with Crippen LogP contribution in [0, 0.1) is 5.92 Å². The smallest absolute Gasteiger partial charge is 0.191 e. The van der Waals surface area contributed by atoms with Gasteiger partial charge in [-0.3, -0.25) is 4.99 Å². The Kier molecular flexibility index (Phi) is 11.6. The van der Waals surface area contributed by atoms with E-state index in [2.05, 4.69) is 35.5 Å². The number of ether oxygens (including phenoxy) is 2. The monoisotopic (exact) mass is 509 g/mol. The van der Waals surface area contributed by atoms with Crippen molar-refractivity contribution in [3.8, 4) is 0 Å². The Hall–Kier alpha value is -0.570. The number of hydrogen-bond acceptors (Lipinski definition) is 3. The van der Waals surface area contributed by atoms with E-state index in [4.69, 9.17) is 21.1 Å². The summed E-state index contributed by atoms with van der Waals surface area (Å²) in [7, 11) is 1.79. The van der Waals surface area contributed by atoms with E-state index in [1.165, 1.54) is 0 Å². The summed E-state index contributed by atoms with van der Waals surface area (Å²) < 4.78 is 11.1. The topological polar surface area (TPSA) is 54.9 Å². The van der Waals surface area contributed by atoms with Crippen molar-refractivity contribution in [2.75, 3.05) is 46.6 Å². The minimum absolute atomic E-state index is 0. The van der Waals surface area contributed by atoms with Crippen LogP contribution < -0.4 is 10.6 Å². The lowest BCUT2D eigenvalue weighted by molar-refractivity contribution is 0.0888. The summed E-state index contributed by atoms with van der Waals surface area (Å²) in [5.74, 6) is 1.37. The summed E-state index contributed by atoms with van der Waals surface area (Å²) in [6.45, 7) is 9.20. The Morgan fingerprint density at radius 3 is 2.78 bits per heavy atom. The van der Waals surface area contributed by atoms with Gasteiger partial charge in [0.15, 0.2) is 5.96 Å². The number of guanidine groups is 1. The van der Waals surface area contributed by atoms with E-state index >= 15 is 0 Å². The van der Waals surface area contributed by atoms with E-state index in [1.54, 1.807) is 7.05 Å². The average Bonchev–Trinajstić information content (AvgIpc) is 3.14. The second-order valence-corrected chi connectivity index (χ2v) is 7.78. The van der Waals surface area contributed by atoms with Gasteiger partial charge in [-0.05, 0) is 24.5 Å². The molecule has 2 rings (SSSR count). The molecule has 0 radical (unpaired) electrons. The molecule has 1 fully saturated rings. The molecule has 1 heterocycles. The van der Waals surface area contributed by atoms with Crippen molar-refractivity contribution >= 4 is 41.5 Å². The van der Waals surface area contributed by atoms with E-state index in [1.807, 2.05) is 18.2 Å². The second kappa shape index (κ2) is 12.8. The summed E-state index contributed by atoms with van der Waals surface area (Å²) in [5, 5.41) is 7.53. The van der Waals surface area contributed by atoms with Gasteiger partial charge >= 0.3 is 0 Å². The van der Waals surface area contributed by atoms with Crippen molar-refractivity contribution in [2.24, 2.45) is 10.9 Å². The fourth-order valence-corrected chi connectivity index (χ4v) is 3.37. The third kappa shape index (κ3) is 8.54. The summed E-state index contributed by atoms with van der Waals surface area (Å²) in [6, 6.07) is 7.99. The Bertz CT molecular complexity index is 578. The summed E-state index contributed by atoms with van der Waals surface area (Å²) in [5.41, 5.74) is 1.04. The van der Waals surface area contributed by atoms with Crippen molar-refractivity contribution in [1.82, 2.24) is 10.6 Å². The maximum Gasteiger partial charge on any atom is 0.191 e. The van der Waals surface area contributed by atoms with Gasteiger partial charge < -0.3 is 20.1 Å². The van der Waals surface area contributed by atoms with Crippen molar-refractivity contribution < 1.29 is 9.47 Å². The molecular formula is C20H33ClIN3O2. The lowest BCUT2D eigenvalue weighted by atomic mass is 9.84. The molecule has 1 unspecified atom stereocenters. The zero-order valence-electron chi connectivity index (χ0n) is 16.6. The molecule has 1 aliphatic heterocycles. The molecule has 0 spiro atoms. The molecule has 0 saturated carbocycles. The predicted molar refractivity (Wildman–Crippen MR) is 124 cm³/mol. The minimum Gasteiger partial charge on any atom is -0.381 e. The van der Waals surface area contributed by atoms with Crippen molar-refractivity contribution in [2.45, 2.75) is 32.1 Å². The first-order valence-electron chi connectivity index (χ1n) is 9.38. The largest absolute Gasteiger partial charge is 0.381 e. The SMILES string of the molecule is CN=C(NCCCOCC1CCOC1)NCC(C)(C)c1ccccc1Cl.I. The molecule has 0 amide bonds. The molecule has 1 aromatic carbocycles. The predicted octanol–water partition coefficient (Wildman–Crippen LogP) is 3.84. The van der Waals surface area contributed by atoms with Crippen LogP contribution in [0.3, 0.4) is 0 Å². The molecule has 1 saturated heterocycles. The molecule has 0 bridgehead atoms. The Balaban J connectivity index is 0.00000364. The molecule has 1 atom stereocenters. The Morgan fingerprint density at radius 2 is 2.11 bits per heavy atom. The standard InChI is InChI=1S/C20H32ClN3O2.HI/c1-20(2,17-7-4-5-8-18(17)21)15-24-19(22-3)23-10-6-11-25-13-16-9-12-26-14-16;/h4-5,7-8,16H,6,9-15H2,1-3H3,(H2,22,23,24);1H. The van der Waals surface area contributed by atoms with Crippen LogP contribution in [0.2, 0.25) is 5.02 Å². The van der Waals surface area contributed by atoms with Crippen LogP contribution in [0.5, 0.6) is 0 Å². The van der Waals surface area contributed by atoms with Gasteiger partial charge in [0.2, 0.25) is 0 Å². The molecule has 5 nitrogen and oxygen atoms in total. The fourth-order valence-electron chi connectivity index (χ4n) is 2.98. The van der Waals surface area contributed by atoms with Crippen LogP contribution in [0.1, 0.15) is 32.3 Å². The van der Waals surface area contributed by atoms with E-state index in [-0.39, 0.29) is 29.4 Å². The third-order valence-corrected chi connectivity index (χ3v) is 4.99. The molecule has 2 N–H and O–H groups in total. The summed E-state index contributed by atoms with van der Waals surface area (Å²) >= 11 is 6.34. The minimum atomic E-state index is -0.0948. The van der Waals surface area contributed by atoms with E-state index in [9.17, 15) is 0 Å². The summed E-state index contributed by atoms with van der Waals surface area (Å²) in [4.78, 5) is 4.29. The Morgan fingerprint density at radius 1 is 1.33 bits per heavy atom. The quantitative estimate of drug-likeness (QED) is 0.230. The average molecular weight is 510 g/mol. The zero-order chi connectivity index (χ0) is 18.8. The molecule has 1 aliphatic rings. The van der Waals surface area contributed by atoms with Crippen LogP contribution in [0.4, 0.5) is 0 Å². The number of benzene rings is 1. The molecule has 7 heteroatoms. The number of aliphatic imine (C=N–C) groups is 1. The van der Waals surface area contributed by atoms with Gasteiger partial charge in [0.05, 0.1) is 13.2 Å². The van der Waals surface area contributed by atoms with Crippen LogP contribution >= 0.6 is 35.6 Å². The number of halogens is 2. The van der Waals surface area contributed by atoms with Crippen molar-refractivity contribution in [1.29, 1.82) is 0 Å². The maximum absolute atomic E-state index is 6.34. The van der Waals surface area contributed by atoms with E-state index in [0.717, 1.165) is 68.9 Å². The highest BCUT2D eigenvalue weighted by atomic mass is 127. The van der Waals surface area contributed by atoms with Gasteiger partial charge in [-0.1, -0.05) is 43.6 Å². The van der Waals surface area contributed by atoms with Gasteiger partial charge in [0.25, 0.3) is 0 Å². The molecular weight excluding hydrogens is 477 g/mol. The number of nitrogens with zero attached hydrogens (tertiary/aromatic N) is 1. The number of hydrogen-bond donors (Lipinski definition) is 2. The van der Waals surface area contributed by atoms with Crippen LogP contribution in [-0.4, -0.2) is 52.5 Å². The van der Waals surface area contributed by atoms with E-state index < -0.39 is 0 Å². The second-order valence-electron chi connectivity index (χ2n) is 7.37. The molecule has 154 valence electrons. The maximum atomic E-state index is 6.34. The van der Waals surface area contributed by atoms with Crippen molar-refractivity contribution in [3.05, 3.63) is 34.9 Å². The molecule has 1 aromatic rings. The molecule has 0 aliphatic carbocycles. The van der Waals surface area contributed by atoms with Gasteiger partial charge in [-0.15, -0.1) is 24.0 Å². The van der Waals surface area contributed by atoms with Crippen LogP contribution in [-0.2, 0) is 14.9 Å². The van der Waals surface area contributed by atoms with Gasteiger partial charge in [0.1, 0.15) is 0 Å². The lowest BCUT2D eigenvalue weighted by Crippen LogP contribution is -2.44. The highest BCUT2D eigenvalue weighted by Crippen LogP contribution is 2.28. The first-order chi connectivity index (χ1) is 12.5. The van der Waals surface area contributed by atoms with Crippen LogP contribution in [0.25, 0.3) is 0 Å². The zero-order valence-corrected chi connectivity index (χ0v) is 19.7. The molecule has 0 aromatic heterocycles. The Labute approximate surface area is 185 Å².